The van der Waals surface area contributed by atoms with Crippen molar-refractivity contribution in [2.45, 2.75) is 70.2 Å². The highest BCUT2D eigenvalue weighted by Crippen LogP contribution is 2.29. The molecule has 2 fully saturated rings. The Hall–Kier alpha value is -5.02. The molecule has 0 saturated carbocycles. The summed E-state index contributed by atoms with van der Waals surface area (Å²) in [4.78, 5) is 48.3. The van der Waals surface area contributed by atoms with Crippen LogP contribution in [0, 0.1) is 0 Å². The molecule has 7 rings (SSSR count). The molecule has 16 heteroatoms. The average molecular weight is 688 g/mol. The Labute approximate surface area is 286 Å². The number of benzene rings is 2. The van der Waals surface area contributed by atoms with Crippen LogP contribution in [0.4, 0.5) is 23.1 Å². The van der Waals surface area contributed by atoms with Crippen molar-refractivity contribution >= 4 is 68.6 Å². The molecule has 4 N–H and O–H groups in total. The van der Waals surface area contributed by atoms with Gasteiger partial charge in [-0.3, -0.25) is 24.0 Å². The fourth-order valence-electron chi connectivity index (χ4n) is 6.46. The number of halogens is 1. The zero-order valence-electron chi connectivity index (χ0n) is 27.5. The number of aromatic nitrogens is 7. The summed E-state index contributed by atoms with van der Waals surface area (Å²) >= 11 is 6.53. The number of piperidine rings is 2. The van der Waals surface area contributed by atoms with Crippen LogP contribution >= 0.6 is 11.6 Å². The van der Waals surface area contributed by atoms with Crippen molar-refractivity contribution in [3.8, 4) is 0 Å². The van der Waals surface area contributed by atoms with Gasteiger partial charge in [-0.05, 0) is 75.9 Å². The molecule has 15 nitrogen and oxygen atoms in total. The van der Waals surface area contributed by atoms with E-state index in [1.165, 1.54) is 0 Å². The van der Waals surface area contributed by atoms with Gasteiger partial charge < -0.3 is 20.6 Å². The maximum Gasteiger partial charge on any atom is 0.328 e. The summed E-state index contributed by atoms with van der Waals surface area (Å²) in [6.07, 6.45) is 4.39. The second kappa shape index (κ2) is 12.8. The molecule has 0 radical (unpaired) electrons. The topological polar surface area (TPSA) is 177 Å². The number of nitrogens with zero attached hydrogens (tertiary/aromatic N) is 8. The normalized spacial score (nSPS) is 17.6. The fourth-order valence-corrected chi connectivity index (χ4v) is 6.60. The van der Waals surface area contributed by atoms with Crippen LogP contribution in [0.15, 0.2) is 47.4 Å². The predicted molar refractivity (Wildman–Crippen MR) is 186 cm³/mol. The van der Waals surface area contributed by atoms with Gasteiger partial charge >= 0.3 is 5.69 Å². The average Bonchev–Trinajstić information content (AvgIpc) is 3.58. The minimum Gasteiger partial charge on any atom is -0.390 e. The number of carbonyl (C=O) groups excluding carboxylic acids is 2. The molecular formula is C33H38ClN11O4. The predicted octanol–water partition coefficient (Wildman–Crippen LogP) is 3.49. The Morgan fingerprint density at radius 2 is 1.78 bits per heavy atom. The number of nitrogens with one attached hydrogen (secondary N) is 3. The number of fused-ring (bicyclic) bond motifs is 2. The van der Waals surface area contributed by atoms with Crippen molar-refractivity contribution < 1.29 is 14.7 Å². The molecule has 0 spiro atoms. The molecule has 0 bridgehead atoms. The van der Waals surface area contributed by atoms with Crippen LogP contribution in [0.25, 0.3) is 22.1 Å². The summed E-state index contributed by atoms with van der Waals surface area (Å²) in [6, 6.07) is 11.1. The number of amides is 2. The maximum atomic E-state index is 12.9. The van der Waals surface area contributed by atoms with Crippen molar-refractivity contribution in [1.29, 1.82) is 0 Å². The molecule has 2 amide bonds. The first-order valence-electron chi connectivity index (χ1n) is 16.3. The van der Waals surface area contributed by atoms with E-state index in [-0.39, 0.29) is 30.0 Å². The van der Waals surface area contributed by atoms with Gasteiger partial charge in [0.1, 0.15) is 16.6 Å². The molecule has 1 unspecified atom stereocenters. The zero-order valence-corrected chi connectivity index (χ0v) is 28.2. The van der Waals surface area contributed by atoms with E-state index in [0.717, 1.165) is 53.9 Å². The highest BCUT2D eigenvalue weighted by atomic mass is 35.5. The van der Waals surface area contributed by atoms with Crippen LogP contribution in [0.2, 0.25) is 5.02 Å². The summed E-state index contributed by atoms with van der Waals surface area (Å²) < 4.78 is 4.87. The van der Waals surface area contributed by atoms with Crippen molar-refractivity contribution in [2.75, 3.05) is 28.6 Å². The smallest absolute Gasteiger partial charge is 0.328 e. The number of hydrogen-bond acceptors (Lipinski definition) is 11. The Morgan fingerprint density at radius 1 is 1.02 bits per heavy atom. The van der Waals surface area contributed by atoms with Gasteiger partial charge in [-0.2, -0.15) is 4.98 Å². The molecule has 2 aromatic carbocycles. The van der Waals surface area contributed by atoms with Crippen molar-refractivity contribution in [2.24, 2.45) is 7.05 Å². The summed E-state index contributed by atoms with van der Waals surface area (Å²) in [7, 11) is 1.74. The standard InChI is InChI=1S/C33H38ClN11O4/c1-33(2,49)12-15-44-27-17-21(5-7-25(27)42(3)32(44)48)37-29-22(34)18-35-31(39-29)43-13-10-19(11-14-43)36-20-4-6-24-23(16-20)40-41-45(24)26-8-9-28(46)38-30(26)47/h4-7,16-19,26,36,49H,8-15H2,1-3H3,(H,35,37,39)(H,38,46,47). The Balaban J connectivity index is 1.00. The summed E-state index contributed by atoms with van der Waals surface area (Å²) in [5.41, 5.74) is 3.54. The second-order valence-electron chi connectivity index (χ2n) is 13.4. The van der Waals surface area contributed by atoms with E-state index >= 15 is 0 Å². The van der Waals surface area contributed by atoms with E-state index in [4.69, 9.17) is 16.6 Å². The number of rotatable bonds is 9. The summed E-state index contributed by atoms with van der Waals surface area (Å²) in [6.45, 7) is 5.30. The number of imidazole rings is 1. The summed E-state index contributed by atoms with van der Waals surface area (Å²) in [5.74, 6) is 0.411. The third-order valence-corrected chi connectivity index (χ3v) is 9.49. The number of aliphatic hydroxyl groups is 1. The molecule has 49 heavy (non-hydrogen) atoms. The first-order valence-corrected chi connectivity index (χ1v) is 16.7. The van der Waals surface area contributed by atoms with E-state index in [9.17, 15) is 19.5 Å². The Bertz CT molecular complexity index is 2120. The lowest BCUT2D eigenvalue weighted by atomic mass is 10.0. The number of carbonyl (C=O) groups is 2. The van der Waals surface area contributed by atoms with Crippen molar-refractivity contribution in [1.82, 2.24) is 39.4 Å². The first-order chi connectivity index (χ1) is 23.4. The van der Waals surface area contributed by atoms with Gasteiger partial charge in [-0.15, -0.1) is 5.10 Å². The molecule has 5 heterocycles. The zero-order chi connectivity index (χ0) is 34.4. The van der Waals surface area contributed by atoms with E-state index in [2.05, 4.69) is 36.1 Å². The molecule has 1 atom stereocenters. The van der Waals surface area contributed by atoms with Crippen LogP contribution in [-0.4, -0.2) is 75.7 Å². The van der Waals surface area contributed by atoms with Crippen LogP contribution in [0.1, 0.15) is 52.0 Å². The largest absolute Gasteiger partial charge is 0.390 e. The Morgan fingerprint density at radius 3 is 2.53 bits per heavy atom. The number of anilines is 4. The molecule has 2 saturated heterocycles. The lowest BCUT2D eigenvalue weighted by Crippen LogP contribution is -2.42. The monoisotopic (exact) mass is 687 g/mol. The van der Waals surface area contributed by atoms with E-state index in [1.807, 2.05) is 36.4 Å². The van der Waals surface area contributed by atoms with Crippen LogP contribution < -0.4 is 26.5 Å². The number of hydrogen-bond donors (Lipinski definition) is 4. The highest BCUT2D eigenvalue weighted by molar-refractivity contribution is 6.32. The van der Waals surface area contributed by atoms with Gasteiger partial charge in [0, 0.05) is 50.5 Å². The van der Waals surface area contributed by atoms with Crippen LogP contribution in [0.3, 0.4) is 0 Å². The maximum absolute atomic E-state index is 12.9. The highest BCUT2D eigenvalue weighted by Gasteiger charge is 2.30. The third-order valence-electron chi connectivity index (χ3n) is 9.21. The van der Waals surface area contributed by atoms with E-state index in [1.54, 1.807) is 40.9 Å². The van der Waals surface area contributed by atoms with Gasteiger partial charge in [-0.25, -0.2) is 14.5 Å². The third kappa shape index (κ3) is 6.68. The van der Waals surface area contributed by atoms with Gasteiger partial charge in [0.15, 0.2) is 5.82 Å². The van der Waals surface area contributed by atoms with E-state index < -0.39 is 11.6 Å². The molecule has 5 aromatic rings. The van der Waals surface area contributed by atoms with Gasteiger partial charge in [-0.1, -0.05) is 16.8 Å². The lowest BCUT2D eigenvalue weighted by Gasteiger charge is -2.33. The van der Waals surface area contributed by atoms with Crippen molar-refractivity contribution in [3.05, 3.63) is 58.1 Å². The van der Waals surface area contributed by atoms with Crippen molar-refractivity contribution in [3.63, 3.8) is 0 Å². The lowest BCUT2D eigenvalue weighted by molar-refractivity contribution is -0.135. The molecule has 2 aliphatic heterocycles. The molecule has 2 aliphatic rings. The summed E-state index contributed by atoms with van der Waals surface area (Å²) in [5, 5.41) is 28.4. The molecule has 3 aromatic heterocycles. The molecule has 256 valence electrons. The van der Waals surface area contributed by atoms with Gasteiger partial charge in [0.05, 0.1) is 28.3 Å². The quantitative estimate of drug-likeness (QED) is 0.167. The Kier molecular flexibility index (Phi) is 8.48. The first kappa shape index (κ1) is 32.5. The molecular weight excluding hydrogens is 650 g/mol. The number of imide groups is 1. The minimum atomic E-state index is -0.898. The fraction of sp³-hybridized carbons (Fsp3) is 0.424. The van der Waals surface area contributed by atoms with Crippen LogP contribution in [-0.2, 0) is 23.2 Å². The SMILES string of the molecule is Cn1c(=O)n(CCC(C)(C)O)c2cc(Nc3nc(N4CCC(Nc5ccc6c(c5)nnn6C5CCC(=O)NC5=O)CC4)ncc3Cl)ccc21. The second-order valence-corrected chi connectivity index (χ2v) is 13.8. The number of aryl methyl sites for hydroxylation is 2. The van der Waals surface area contributed by atoms with E-state index in [0.29, 0.717) is 41.7 Å². The minimum absolute atomic E-state index is 0.144. The molecule has 0 aliphatic carbocycles. The van der Waals surface area contributed by atoms with Gasteiger partial charge in [0.2, 0.25) is 11.9 Å². The van der Waals surface area contributed by atoms with Gasteiger partial charge in [0.25, 0.3) is 5.91 Å². The van der Waals surface area contributed by atoms with Crippen LogP contribution in [0.5, 0.6) is 0 Å².